The predicted octanol–water partition coefficient (Wildman–Crippen LogP) is 4.37. The highest BCUT2D eigenvalue weighted by atomic mass is 32.2. The molecular weight excluding hydrogens is 625 g/mol. The van der Waals surface area contributed by atoms with E-state index >= 15 is 0 Å². The van der Waals surface area contributed by atoms with Gasteiger partial charge in [0, 0.05) is 44.3 Å². The Morgan fingerprint density at radius 3 is 2.35 bits per heavy atom. The van der Waals surface area contributed by atoms with Gasteiger partial charge in [0.05, 0.1) is 18.5 Å². The first-order chi connectivity index (χ1) is 21.8. The van der Waals surface area contributed by atoms with Crippen molar-refractivity contribution in [1.29, 1.82) is 0 Å². The maximum Gasteiger partial charge on any atom is 0.573 e. The Labute approximate surface area is 268 Å². The largest absolute Gasteiger partial charge is 0.573 e. The molecular formula is C31H43F3N6O5S. The minimum atomic E-state index is -4.74. The first kappa shape index (κ1) is 34.3. The minimum Gasteiger partial charge on any atom is -0.406 e. The van der Waals surface area contributed by atoms with Gasteiger partial charge in [0.2, 0.25) is 10.0 Å². The van der Waals surface area contributed by atoms with E-state index in [1.54, 1.807) is 19.2 Å². The number of carbonyl (C=O) groups is 1. The molecule has 1 N–H and O–H groups in total. The molecule has 2 atom stereocenters. The van der Waals surface area contributed by atoms with Gasteiger partial charge in [-0.3, -0.25) is 4.79 Å². The summed E-state index contributed by atoms with van der Waals surface area (Å²) in [7, 11) is -1.55. The lowest BCUT2D eigenvalue weighted by molar-refractivity contribution is -0.274. The number of nitrogens with one attached hydrogen (secondary N) is 1. The number of sulfonamides is 1. The zero-order valence-electron chi connectivity index (χ0n) is 26.5. The second-order valence-corrected chi connectivity index (χ2v) is 14.5. The summed E-state index contributed by atoms with van der Waals surface area (Å²) in [4.78, 5) is 26.5. The van der Waals surface area contributed by atoms with Gasteiger partial charge in [0.15, 0.2) is 0 Å². The van der Waals surface area contributed by atoms with Crippen LogP contribution in [0, 0.1) is 6.92 Å². The fourth-order valence-corrected chi connectivity index (χ4v) is 7.45. The Morgan fingerprint density at radius 2 is 1.72 bits per heavy atom. The lowest BCUT2D eigenvalue weighted by Gasteiger charge is -2.43. The number of benzene rings is 1. The third-order valence-electron chi connectivity index (χ3n) is 9.42. The highest BCUT2D eigenvalue weighted by Gasteiger charge is 2.34. The van der Waals surface area contributed by atoms with Crippen molar-refractivity contribution in [3.8, 4) is 5.75 Å². The van der Waals surface area contributed by atoms with E-state index in [0.717, 1.165) is 63.6 Å². The van der Waals surface area contributed by atoms with Crippen molar-refractivity contribution >= 4 is 21.7 Å². The number of aromatic nitrogens is 2. The molecule has 3 aliphatic heterocycles. The molecule has 3 aliphatic rings. The Bertz CT molecular complexity index is 1450. The summed E-state index contributed by atoms with van der Waals surface area (Å²) >= 11 is 0. The van der Waals surface area contributed by atoms with Crippen LogP contribution in [-0.4, -0.2) is 109 Å². The summed E-state index contributed by atoms with van der Waals surface area (Å²) in [5, 5.41) is 3.32. The molecule has 254 valence electrons. The summed E-state index contributed by atoms with van der Waals surface area (Å²) in [6.45, 7) is 5.23. The van der Waals surface area contributed by atoms with E-state index in [-0.39, 0.29) is 29.9 Å². The molecule has 4 heterocycles. The molecule has 1 aromatic heterocycles. The molecule has 0 saturated carbocycles. The number of piperidine rings is 2. The van der Waals surface area contributed by atoms with Crippen LogP contribution in [-0.2, 0) is 14.8 Å². The molecule has 1 aromatic carbocycles. The standard InChI is InChI=1S/C31H43F3N6O5S/c1-21-28(30(41)40-17-13-24(14-18-40)39-15-11-23(12-16-39)38(2)46(3,42)43)36-20-37-29(21)35-19-26-5-4-6-27(44-26)22-7-9-25(10-8-22)45-31(32,33)34/h7-10,20,23-24,26-27H,4-6,11-19H2,1-3H3,(H,35,36,37)/t26-,27+/m1/s1. The van der Waals surface area contributed by atoms with Crippen LogP contribution < -0.4 is 10.1 Å². The molecule has 0 bridgehead atoms. The van der Waals surface area contributed by atoms with Crippen LogP contribution in [0.15, 0.2) is 30.6 Å². The van der Waals surface area contributed by atoms with Gasteiger partial charge in [-0.2, -0.15) is 0 Å². The Balaban J connectivity index is 1.11. The number of ether oxygens (including phenoxy) is 2. The normalized spacial score (nSPS) is 22.6. The number of alkyl halides is 3. The van der Waals surface area contributed by atoms with E-state index < -0.39 is 16.4 Å². The smallest absolute Gasteiger partial charge is 0.406 e. The average molecular weight is 669 g/mol. The molecule has 5 rings (SSSR count). The molecule has 11 nitrogen and oxygen atoms in total. The third-order valence-corrected chi connectivity index (χ3v) is 10.8. The van der Waals surface area contributed by atoms with E-state index in [2.05, 4.69) is 24.9 Å². The van der Waals surface area contributed by atoms with Gasteiger partial charge in [-0.25, -0.2) is 22.7 Å². The van der Waals surface area contributed by atoms with E-state index in [0.29, 0.717) is 42.8 Å². The maximum atomic E-state index is 13.5. The number of anilines is 1. The summed E-state index contributed by atoms with van der Waals surface area (Å²) in [6.07, 6.45) is 3.31. The minimum absolute atomic E-state index is 0.0325. The number of nitrogens with zero attached hydrogens (tertiary/aromatic N) is 5. The molecule has 0 spiro atoms. The van der Waals surface area contributed by atoms with E-state index in [1.165, 1.54) is 29.0 Å². The molecule has 0 aliphatic carbocycles. The van der Waals surface area contributed by atoms with Crippen molar-refractivity contribution < 1.29 is 35.9 Å². The van der Waals surface area contributed by atoms with Crippen LogP contribution in [0.5, 0.6) is 5.75 Å². The first-order valence-electron chi connectivity index (χ1n) is 15.8. The van der Waals surface area contributed by atoms with Gasteiger partial charge in [-0.05, 0) is 82.7 Å². The zero-order valence-corrected chi connectivity index (χ0v) is 27.3. The molecule has 46 heavy (non-hydrogen) atoms. The lowest BCUT2D eigenvalue weighted by atomic mass is 9.97. The molecule has 0 unspecified atom stereocenters. The summed E-state index contributed by atoms with van der Waals surface area (Å²) in [5.41, 5.74) is 1.82. The van der Waals surface area contributed by atoms with Crippen LogP contribution in [0.4, 0.5) is 19.0 Å². The Kier molecular flexibility index (Phi) is 10.7. The monoisotopic (exact) mass is 668 g/mol. The number of halogens is 3. The summed E-state index contributed by atoms with van der Waals surface area (Å²) < 4.78 is 73.0. The zero-order chi connectivity index (χ0) is 33.1. The van der Waals surface area contributed by atoms with Crippen molar-refractivity contribution in [2.75, 3.05) is 51.3 Å². The second kappa shape index (κ2) is 14.4. The van der Waals surface area contributed by atoms with Gasteiger partial charge in [0.1, 0.15) is 23.6 Å². The van der Waals surface area contributed by atoms with Gasteiger partial charge in [-0.1, -0.05) is 12.1 Å². The number of amides is 1. The van der Waals surface area contributed by atoms with E-state index in [1.807, 2.05) is 11.8 Å². The molecule has 0 radical (unpaired) electrons. The molecule has 15 heteroatoms. The summed E-state index contributed by atoms with van der Waals surface area (Å²) in [6, 6.07) is 6.18. The quantitative estimate of drug-likeness (QED) is 0.416. The van der Waals surface area contributed by atoms with Crippen LogP contribution >= 0.6 is 0 Å². The highest BCUT2D eigenvalue weighted by molar-refractivity contribution is 7.88. The first-order valence-corrected chi connectivity index (χ1v) is 17.7. The number of carbonyl (C=O) groups excluding carboxylic acids is 1. The molecule has 1 amide bonds. The Hall–Kier alpha value is -3.01. The van der Waals surface area contributed by atoms with Crippen molar-refractivity contribution in [2.24, 2.45) is 0 Å². The van der Waals surface area contributed by atoms with Gasteiger partial charge >= 0.3 is 6.36 Å². The number of likely N-dealkylation sites (tertiary alicyclic amines) is 2. The maximum absolute atomic E-state index is 13.5. The van der Waals surface area contributed by atoms with Gasteiger partial charge in [0.25, 0.3) is 5.91 Å². The lowest BCUT2D eigenvalue weighted by Crippen LogP contribution is -2.52. The number of hydrogen-bond acceptors (Lipinski definition) is 9. The fraction of sp³-hybridized carbons (Fsp3) is 0.645. The number of rotatable bonds is 9. The van der Waals surface area contributed by atoms with Crippen LogP contribution in [0.3, 0.4) is 0 Å². The third kappa shape index (κ3) is 8.66. The van der Waals surface area contributed by atoms with Crippen molar-refractivity contribution in [1.82, 2.24) is 24.1 Å². The Morgan fingerprint density at radius 1 is 1.04 bits per heavy atom. The topological polar surface area (TPSA) is 117 Å². The van der Waals surface area contributed by atoms with E-state index in [9.17, 15) is 26.4 Å². The van der Waals surface area contributed by atoms with Crippen LogP contribution in [0.25, 0.3) is 0 Å². The molecule has 2 aromatic rings. The van der Waals surface area contributed by atoms with Gasteiger partial charge in [-0.15, -0.1) is 13.2 Å². The van der Waals surface area contributed by atoms with Crippen LogP contribution in [0.2, 0.25) is 0 Å². The van der Waals surface area contributed by atoms with Gasteiger partial charge < -0.3 is 24.6 Å². The predicted molar refractivity (Wildman–Crippen MR) is 166 cm³/mol. The van der Waals surface area contributed by atoms with E-state index in [4.69, 9.17) is 4.74 Å². The fourth-order valence-electron chi connectivity index (χ4n) is 6.70. The highest BCUT2D eigenvalue weighted by Crippen LogP contribution is 2.33. The second-order valence-electron chi connectivity index (χ2n) is 12.4. The molecule has 3 saturated heterocycles. The number of hydrogen-bond donors (Lipinski definition) is 1. The van der Waals surface area contributed by atoms with Crippen LogP contribution in [0.1, 0.15) is 72.7 Å². The summed E-state index contributed by atoms with van der Waals surface area (Å²) in [5.74, 6) is 0.174. The molecule has 3 fully saturated rings. The van der Waals surface area contributed by atoms with Crippen molar-refractivity contribution in [3.05, 3.63) is 47.4 Å². The van der Waals surface area contributed by atoms with Crippen molar-refractivity contribution in [3.63, 3.8) is 0 Å². The average Bonchev–Trinajstić information content (AvgIpc) is 3.03. The van der Waals surface area contributed by atoms with Crippen molar-refractivity contribution in [2.45, 2.75) is 82.5 Å². The SMILES string of the molecule is Cc1c(NC[C@H]2CCC[C@@H](c3ccc(OC(F)(F)F)cc3)O2)ncnc1C(=O)N1CCC(N2CCC(N(C)S(C)(=O)=O)CC2)CC1.